The Morgan fingerprint density at radius 2 is 2.03 bits per heavy atom. The Bertz CT molecular complexity index is 1200. The number of aliphatic hydroxyl groups is 1. The van der Waals surface area contributed by atoms with Crippen molar-refractivity contribution < 1.29 is 18.6 Å². The van der Waals surface area contributed by atoms with Crippen molar-refractivity contribution >= 4 is 6.08 Å². The predicted octanol–water partition coefficient (Wildman–Crippen LogP) is 4.93. The van der Waals surface area contributed by atoms with Gasteiger partial charge < -0.3 is 9.84 Å². The van der Waals surface area contributed by atoms with Gasteiger partial charge in [-0.15, -0.1) is 0 Å². The van der Waals surface area contributed by atoms with E-state index in [1.54, 1.807) is 24.3 Å². The van der Waals surface area contributed by atoms with E-state index >= 15 is 0 Å². The summed E-state index contributed by atoms with van der Waals surface area (Å²) in [7, 11) is 0. The van der Waals surface area contributed by atoms with Crippen molar-refractivity contribution in [3.05, 3.63) is 82.7 Å². The predicted molar refractivity (Wildman–Crippen MR) is 122 cm³/mol. The van der Waals surface area contributed by atoms with E-state index in [9.17, 15) is 13.9 Å². The molecule has 5 rings (SSSR count). The number of rotatable bonds is 5. The van der Waals surface area contributed by atoms with Crippen LogP contribution in [0, 0.1) is 23.0 Å². The van der Waals surface area contributed by atoms with Gasteiger partial charge in [0.1, 0.15) is 12.5 Å². The number of hydrogen-bond acceptors (Lipinski definition) is 4. The monoisotopic (exact) mass is 451 g/mol. The number of hydrogen-bond donors (Lipinski definition) is 2. The maximum Gasteiger partial charge on any atom is 0.165 e. The lowest BCUT2D eigenvalue weighted by atomic mass is 9.57. The van der Waals surface area contributed by atoms with Crippen LogP contribution >= 0.6 is 0 Å². The summed E-state index contributed by atoms with van der Waals surface area (Å²) in [6, 6.07) is 10.8. The molecule has 33 heavy (non-hydrogen) atoms. The van der Waals surface area contributed by atoms with Crippen LogP contribution in [0.15, 0.2) is 54.2 Å². The third kappa shape index (κ3) is 3.75. The van der Waals surface area contributed by atoms with Gasteiger partial charge >= 0.3 is 0 Å². The van der Waals surface area contributed by atoms with Crippen molar-refractivity contribution in [1.29, 1.82) is 0 Å². The highest BCUT2D eigenvalue weighted by molar-refractivity contribution is 5.61. The molecule has 2 aliphatic rings. The van der Waals surface area contributed by atoms with Crippen molar-refractivity contribution in [2.75, 3.05) is 6.73 Å². The second-order valence-electron chi connectivity index (χ2n) is 9.15. The summed E-state index contributed by atoms with van der Waals surface area (Å²) >= 11 is 0. The van der Waals surface area contributed by atoms with Crippen molar-refractivity contribution in [2.24, 2.45) is 17.1 Å². The van der Waals surface area contributed by atoms with Gasteiger partial charge in [0, 0.05) is 0 Å². The van der Waals surface area contributed by atoms with Crippen LogP contribution in [0.2, 0.25) is 0 Å². The highest BCUT2D eigenvalue weighted by Crippen LogP contribution is 2.55. The van der Waals surface area contributed by atoms with E-state index in [0.717, 1.165) is 42.6 Å². The molecule has 172 valence electrons. The molecule has 0 bridgehead atoms. The number of aliphatic hydroxyl groups excluding tert-OH is 1. The smallest absolute Gasteiger partial charge is 0.165 e. The van der Waals surface area contributed by atoms with E-state index in [4.69, 9.17) is 10.5 Å². The lowest BCUT2D eigenvalue weighted by Gasteiger charge is -2.47. The molecule has 0 aliphatic heterocycles. The Kier molecular flexibility index (Phi) is 5.54. The molecule has 0 spiro atoms. The molecule has 1 aromatic heterocycles. The summed E-state index contributed by atoms with van der Waals surface area (Å²) in [6.07, 6.45) is 6.77. The van der Waals surface area contributed by atoms with E-state index in [-0.39, 0.29) is 29.6 Å². The largest absolute Gasteiger partial charge is 0.476 e. The van der Waals surface area contributed by atoms with E-state index in [2.05, 4.69) is 18.1 Å². The normalized spacial score (nSPS) is 22.8. The third-order valence-corrected chi connectivity index (χ3v) is 7.26. The van der Waals surface area contributed by atoms with Gasteiger partial charge in [-0.1, -0.05) is 18.6 Å². The third-order valence-electron chi connectivity index (χ3n) is 7.26. The fourth-order valence-corrected chi connectivity index (χ4v) is 5.51. The van der Waals surface area contributed by atoms with Crippen molar-refractivity contribution in [3.8, 4) is 11.4 Å². The molecular formula is C26H27F2N3O2. The van der Waals surface area contributed by atoms with Crippen LogP contribution in [-0.2, 0) is 6.42 Å². The van der Waals surface area contributed by atoms with Crippen LogP contribution in [0.5, 0.6) is 5.75 Å². The van der Waals surface area contributed by atoms with Crippen molar-refractivity contribution in [1.82, 2.24) is 9.78 Å². The molecule has 0 unspecified atom stereocenters. The molecule has 1 heterocycles. The molecule has 3 N–H and O–H groups in total. The zero-order chi connectivity index (χ0) is 23.2. The number of nitrogens with two attached hydrogens (primary N) is 1. The number of nitrogens with zero attached hydrogens (tertiary/aromatic N) is 2. The van der Waals surface area contributed by atoms with Crippen molar-refractivity contribution in [2.45, 2.75) is 38.7 Å². The van der Waals surface area contributed by atoms with E-state index in [0.29, 0.717) is 5.56 Å². The average Bonchev–Trinajstić information content (AvgIpc) is 3.20. The average molecular weight is 452 g/mol. The Morgan fingerprint density at radius 3 is 2.79 bits per heavy atom. The fourth-order valence-electron chi connectivity index (χ4n) is 5.51. The Labute approximate surface area is 191 Å². The summed E-state index contributed by atoms with van der Waals surface area (Å²) < 4.78 is 34.5. The Balaban J connectivity index is 1.49. The number of ether oxygens (including phenoxy) is 1. The zero-order valence-corrected chi connectivity index (χ0v) is 18.5. The highest BCUT2D eigenvalue weighted by Gasteiger charge is 2.46. The van der Waals surface area contributed by atoms with Gasteiger partial charge in [-0.25, -0.2) is 13.5 Å². The first kappa shape index (κ1) is 21.8. The molecule has 3 atom stereocenters. The molecule has 1 fully saturated rings. The minimum Gasteiger partial charge on any atom is -0.476 e. The van der Waals surface area contributed by atoms with Crippen molar-refractivity contribution in [3.63, 3.8) is 0 Å². The van der Waals surface area contributed by atoms with Gasteiger partial charge in [-0.05, 0) is 90.6 Å². The lowest BCUT2D eigenvalue weighted by molar-refractivity contribution is 0.0215. The van der Waals surface area contributed by atoms with Gasteiger partial charge in [-0.2, -0.15) is 5.10 Å². The number of aromatic nitrogens is 2. The number of fused-ring (bicyclic) bond motifs is 2. The van der Waals surface area contributed by atoms with Crippen LogP contribution in [0.3, 0.4) is 0 Å². The quantitative estimate of drug-likeness (QED) is 0.540. The second kappa shape index (κ2) is 8.39. The molecule has 5 nitrogen and oxygen atoms in total. The number of benzene rings is 2. The lowest BCUT2D eigenvalue weighted by Crippen LogP contribution is -2.40. The summed E-state index contributed by atoms with van der Waals surface area (Å²) in [6.45, 7) is 2.07. The summed E-state index contributed by atoms with van der Waals surface area (Å²) in [5.41, 5.74) is 9.96. The SMILES string of the molecule is C[C@]12Cc3cnn(-c4ccc(F)cc4)c3C=C1CCC[C@@H]2[C@@H](O)c1ccc(F)c(OCN)c1. The first-order valence-corrected chi connectivity index (χ1v) is 11.2. The van der Waals surface area contributed by atoms with E-state index in [1.165, 1.54) is 23.8 Å². The van der Waals surface area contributed by atoms with Gasteiger partial charge in [0.15, 0.2) is 11.6 Å². The Morgan fingerprint density at radius 1 is 1.24 bits per heavy atom. The van der Waals surface area contributed by atoms with Gasteiger partial charge in [0.2, 0.25) is 0 Å². The van der Waals surface area contributed by atoms with Gasteiger partial charge in [-0.3, -0.25) is 5.73 Å². The molecule has 2 aromatic carbocycles. The van der Waals surface area contributed by atoms with Crippen LogP contribution < -0.4 is 10.5 Å². The first-order chi connectivity index (χ1) is 15.9. The van der Waals surface area contributed by atoms with E-state index in [1.807, 2.05) is 10.9 Å². The topological polar surface area (TPSA) is 73.3 Å². The fraction of sp³-hybridized carbons (Fsp3) is 0.346. The Hall–Kier alpha value is -3.03. The van der Waals surface area contributed by atoms with E-state index < -0.39 is 11.9 Å². The molecule has 1 saturated carbocycles. The van der Waals surface area contributed by atoms with Gasteiger partial charge in [0.05, 0.1) is 23.7 Å². The number of halogens is 2. The summed E-state index contributed by atoms with van der Waals surface area (Å²) in [5.74, 6) is -0.772. The summed E-state index contributed by atoms with van der Waals surface area (Å²) in [4.78, 5) is 0. The molecule has 0 saturated heterocycles. The molecule has 0 radical (unpaired) electrons. The standard InChI is InChI=1S/C26H27F2N3O2/c1-26-13-17-14-30-31(20-8-6-19(27)7-9-20)23(17)12-18(26)3-2-4-21(26)25(32)16-5-10-22(28)24(11-16)33-15-29/h5-12,14,21,25,32H,2-4,13,15,29H2,1H3/t21-,25+,26+/m1/s1. The molecule has 7 heteroatoms. The minimum absolute atomic E-state index is 0.0454. The maximum atomic E-state index is 14.0. The van der Waals surface area contributed by atoms with Gasteiger partial charge in [0.25, 0.3) is 0 Å². The number of allylic oxidation sites excluding steroid dienone is 1. The maximum absolute atomic E-state index is 14.0. The first-order valence-electron chi connectivity index (χ1n) is 11.2. The van der Waals surface area contributed by atoms with Crippen LogP contribution in [0.1, 0.15) is 49.1 Å². The minimum atomic E-state index is -0.770. The zero-order valence-electron chi connectivity index (χ0n) is 18.5. The van der Waals surface area contributed by atoms with Crippen LogP contribution in [0.4, 0.5) is 8.78 Å². The summed E-state index contributed by atoms with van der Waals surface area (Å²) in [5, 5.41) is 16.0. The molecule has 0 amide bonds. The highest BCUT2D eigenvalue weighted by atomic mass is 19.1. The second-order valence-corrected chi connectivity index (χ2v) is 9.15. The molecule has 2 aliphatic carbocycles. The molecular weight excluding hydrogens is 424 g/mol. The van der Waals surface area contributed by atoms with Crippen LogP contribution in [-0.4, -0.2) is 21.6 Å². The van der Waals surface area contributed by atoms with Crippen LogP contribution in [0.25, 0.3) is 11.8 Å². The molecule has 3 aromatic rings.